The van der Waals surface area contributed by atoms with Gasteiger partial charge in [0.15, 0.2) is 0 Å². The molecule has 0 aromatic carbocycles. The quantitative estimate of drug-likeness (QED) is 0.527. The minimum atomic E-state index is -0.521. The number of rotatable bonds is 2. The van der Waals surface area contributed by atoms with E-state index in [9.17, 15) is 9.59 Å². The van der Waals surface area contributed by atoms with Crippen molar-refractivity contribution in [1.29, 1.82) is 0 Å². The Morgan fingerprint density at radius 1 is 1.56 bits per heavy atom. The molecule has 0 aromatic heterocycles. The molecular weight excluding hydrogens is 142 g/mol. The lowest BCUT2D eigenvalue weighted by molar-refractivity contribution is -0.130. The number of halogens is 1. The van der Waals surface area contributed by atoms with Crippen molar-refractivity contribution < 1.29 is 9.59 Å². The SMILES string of the molecule is CC(=O)N(C)CC(=O)Cl. The standard InChI is InChI=1S/C5H8ClNO2/c1-4(8)7(2)3-5(6)9/h3H2,1-2H3. The van der Waals surface area contributed by atoms with Crippen molar-refractivity contribution in [3.05, 3.63) is 0 Å². The van der Waals surface area contributed by atoms with E-state index in [-0.39, 0.29) is 12.5 Å². The van der Waals surface area contributed by atoms with Crippen LogP contribution in [-0.4, -0.2) is 29.6 Å². The maximum Gasteiger partial charge on any atom is 0.241 e. The fourth-order valence-electron chi connectivity index (χ4n) is 0.298. The number of likely N-dealkylation sites (N-methyl/N-ethyl adjacent to an activating group) is 1. The molecule has 0 saturated heterocycles. The molecule has 52 valence electrons. The molecule has 0 heterocycles. The van der Waals surface area contributed by atoms with E-state index in [0.717, 1.165) is 0 Å². The summed E-state index contributed by atoms with van der Waals surface area (Å²) in [5, 5.41) is -0.521. The van der Waals surface area contributed by atoms with Crippen LogP contribution in [0.5, 0.6) is 0 Å². The predicted octanol–water partition coefficient (Wildman–Crippen LogP) is 0.230. The van der Waals surface area contributed by atoms with Crippen LogP contribution >= 0.6 is 11.6 Å². The van der Waals surface area contributed by atoms with E-state index < -0.39 is 5.24 Å². The molecule has 0 saturated carbocycles. The Labute approximate surface area is 58.6 Å². The van der Waals surface area contributed by atoms with Crippen molar-refractivity contribution in [2.24, 2.45) is 0 Å². The van der Waals surface area contributed by atoms with Crippen molar-refractivity contribution >= 4 is 22.8 Å². The summed E-state index contributed by atoms with van der Waals surface area (Å²) < 4.78 is 0. The average molecular weight is 150 g/mol. The van der Waals surface area contributed by atoms with Crippen molar-refractivity contribution in [2.45, 2.75) is 6.92 Å². The topological polar surface area (TPSA) is 37.4 Å². The van der Waals surface area contributed by atoms with Gasteiger partial charge in [0.25, 0.3) is 0 Å². The molecule has 9 heavy (non-hydrogen) atoms. The number of nitrogens with zero attached hydrogens (tertiary/aromatic N) is 1. The largest absolute Gasteiger partial charge is 0.337 e. The number of amides is 1. The first-order chi connectivity index (χ1) is 4.04. The highest BCUT2D eigenvalue weighted by molar-refractivity contribution is 6.64. The molecule has 0 rings (SSSR count). The third-order valence-electron chi connectivity index (χ3n) is 0.899. The molecule has 0 aliphatic rings. The average Bonchev–Trinajstić information content (AvgIpc) is 1.63. The van der Waals surface area contributed by atoms with Crippen molar-refractivity contribution in [3.8, 4) is 0 Å². The minimum Gasteiger partial charge on any atom is -0.337 e. The van der Waals surface area contributed by atoms with Gasteiger partial charge in [0.2, 0.25) is 11.1 Å². The van der Waals surface area contributed by atoms with Crippen LogP contribution in [0.25, 0.3) is 0 Å². The minimum absolute atomic E-state index is 0.0170. The van der Waals surface area contributed by atoms with Gasteiger partial charge in [-0.15, -0.1) is 0 Å². The summed E-state index contributed by atoms with van der Waals surface area (Å²) in [5.74, 6) is -0.163. The Morgan fingerprint density at radius 2 is 2.00 bits per heavy atom. The molecule has 0 aliphatic heterocycles. The van der Waals surface area contributed by atoms with Gasteiger partial charge in [-0.05, 0) is 11.6 Å². The highest BCUT2D eigenvalue weighted by Gasteiger charge is 2.04. The van der Waals surface area contributed by atoms with Crippen LogP contribution in [0, 0.1) is 0 Å². The molecule has 0 unspecified atom stereocenters. The van der Waals surface area contributed by atoms with E-state index in [1.807, 2.05) is 0 Å². The summed E-state index contributed by atoms with van der Waals surface area (Å²) in [6.07, 6.45) is 0. The van der Waals surface area contributed by atoms with E-state index in [1.165, 1.54) is 18.9 Å². The van der Waals surface area contributed by atoms with Crippen LogP contribution in [0.15, 0.2) is 0 Å². The van der Waals surface area contributed by atoms with Gasteiger partial charge in [0.1, 0.15) is 0 Å². The van der Waals surface area contributed by atoms with Gasteiger partial charge in [-0.2, -0.15) is 0 Å². The lowest BCUT2D eigenvalue weighted by Gasteiger charge is -2.09. The van der Waals surface area contributed by atoms with Gasteiger partial charge in [-0.25, -0.2) is 0 Å². The molecule has 0 atom stereocenters. The molecule has 1 amide bonds. The smallest absolute Gasteiger partial charge is 0.241 e. The highest BCUT2D eigenvalue weighted by atomic mass is 35.5. The zero-order valence-electron chi connectivity index (χ0n) is 5.35. The molecule has 0 bridgehead atoms. The van der Waals surface area contributed by atoms with Crippen LogP contribution in [0.4, 0.5) is 0 Å². The fourth-order valence-corrected chi connectivity index (χ4v) is 0.477. The second kappa shape index (κ2) is 3.45. The van der Waals surface area contributed by atoms with Crippen LogP contribution in [0.1, 0.15) is 6.92 Å². The highest BCUT2D eigenvalue weighted by Crippen LogP contribution is 1.86. The molecule has 0 N–H and O–H groups in total. The third kappa shape index (κ3) is 3.97. The Morgan fingerprint density at radius 3 is 2.11 bits per heavy atom. The molecule has 4 heteroatoms. The summed E-state index contributed by atoms with van der Waals surface area (Å²) in [4.78, 5) is 21.8. The summed E-state index contributed by atoms with van der Waals surface area (Å²) >= 11 is 4.98. The molecular formula is C5H8ClNO2. The van der Waals surface area contributed by atoms with Crippen LogP contribution < -0.4 is 0 Å². The lowest BCUT2D eigenvalue weighted by Crippen LogP contribution is -2.27. The molecule has 3 nitrogen and oxygen atoms in total. The zero-order chi connectivity index (χ0) is 7.44. The third-order valence-corrected chi connectivity index (χ3v) is 1.02. The summed E-state index contributed by atoms with van der Waals surface area (Å²) in [6.45, 7) is 1.36. The van der Waals surface area contributed by atoms with E-state index in [4.69, 9.17) is 11.6 Å². The number of carbonyl (C=O) groups is 2. The van der Waals surface area contributed by atoms with Gasteiger partial charge in [-0.1, -0.05) is 0 Å². The van der Waals surface area contributed by atoms with E-state index in [1.54, 1.807) is 0 Å². The Kier molecular flexibility index (Phi) is 3.24. The first kappa shape index (κ1) is 8.43. The Hall–Kier alpha value is -0.570. The first-order valence-electron chi connectivity index (χ1n) is 2.44. The first-order valence-corrected chi connectivity index (χ1v) is 2.82. The second-order valence-electron chi connectivity index (χ2n) is 1.73. The van der Waals surface area contributed by atoms with Gasteiger partial charge in [0.05, 0.1) is 6.54 Å². The van der Waals surface area contributed by atoms with E-state index in [0.29, 0.717) is 0 Å². The van der Waals surface area contributed by atoms with E-state index in [2.05, 4.69) is 0 Å². The monoisotopic (exact) mass is 149 g/mol. The summed E-state index contributed by atoms with van der Waals surface area (Å²) in [7, 11) is 1.52. The normalized spacial score (nSPS) is 8.78. The zero-order valence-corrected chi connectivity index (χ0v) is 6.10. The van der Waals surface area contributed by atoms with Crippen molar-refractivity contribution in [3.63, 3.8) is 0 Å². The molecule has 0 radical (unpaired) electrons. The summed E-state index contributed by atoms with van der Waals surface area (Å²) in [5.41, 5.74) is 0. The van der Waals surface area contributed by atoms with Crippen LogP contribution in [-0.2, 0) is 9.59 Å². The Bertz CT molecular complexity index is 135. The van der Waals surface area contributed by atoms with E-state index >= 15 is 0 Å². The van der Waals surface area contributed by atoms with Gasteiger partial charge < -0.3 is 4.90 Å². The van der Waals surface area contributed by atoms with Crippen molar-refractivity contribution in [1.82, 2.24) is 4.90 Å². The summed E-state index contributed by atoms with van der Waals surface area (Å²) in [6, 6.07) is 0. The lowest BCUT2D eigenvalue weighted by atomic mass is 10.5. The number of hydrogen-bond acceptors (Lipinski definition) is 2. The number of hydrogen-bond donors (Lipinski definition) is 0. The van der Waals surface area contributed by atoms with Crippen molar-refractivity contribution in [2.75, 3.05) is 13.6 Å². The molecule has 0 aliphatic carbocycles. The molecule has 0 aromatic rings. The second-order valence-corrected chi connectivity index (χ2v) is 2.15. The Balaban J connectivity index is 3.63. The molecule has 0 fully saturated rings. The fraction of sp³-hybridized carbons (Fsp3) is 0.600. The van der Waals surface area contributed by atoms with Crippen LogP contribution in [0.3, 0.4) is 0 Å². The number of carbonyl (C=O) groups excluding carboxylic acids is 2. The molecule has 0 spiro atoms. The van der Waals surface area contributed by atoms with Gasteiger partial charge in [0, 0.05) is 14.0 Å². The maximum atomic E-state index is 10.4. The van der Waals surface area contributed by atoms with Crippen LogP contribution in [0.2, 0.25) is 0 Å². The maximum absolute atomic E-state index is 10.4. The van der Waals surface area contributed by atoms with Gasteiger partial charge in [-0.3, -0.25) is 9.59 Å². The van der Waals surface area contributed by atoms with Gasteiger partial charge >= 0.3 is 0 Å². The predicted molar refractivity (Wildman–Crippen MR) is 34.2 cm³/mol.